The highest BCUT2D eigenvalue weighted by molar-refractivity contribution is 5.51. The van der Waals surface area contributed by atoms with Crippen molar-refractivity contribution >= 4 is 5.69 Å². The fourth-order valence-corrected chi connectivity index (χ4v) is 1.91. The number of aliphatic hydroxyl groups is 1. The van der Waals surface area contributed by atoms with Crippen molar-refractivity contribution in [3.05, 3.63) is 18.2 Å². The third-order valence-electron chi connectivity index (χ3n) is 3.06. The summed E-state index contributed by atoms with van der Waals surface area (Å²) in [7, 11) is 1.58. The van der Waals surface area contributed by atoms with Gasteiger partial charge < -0.3 is 20.3 Å². The normalized spacial score (nSPS) is 12.5. The summed E-state index contributed by atoms with van der Waals surface area (Å²) < 4.78 is 10.8. The van der Waals surface area contributed by atoms with Crippen LogP contribution in [-0.2, 0) is 0 Å². The summed E-state index contributed by atoms with van der Waals surface area (Å²) in [5, 5.41) is 9.95. The number of nitrogens with zero attached hydrogens (tertiary/aromatic N) is 1. The second-order valence-electron chi connectivity index (χ2n) is 4.25. The van der Waals surface area contributed by atoms with E-state index in [0.717, 1.165) is 13.1 Å². The molecular formula is C14H24N2O3. The molecule has 0 fully saturated rings. The lowest BCUT2D eigenvalue weighted by atomic mass is 10.3. The van der Waals surface area contributed by atoms with Crippen molar-refractivity contribution in [1.29, 1.82) is 0 Å². The minimum Gasteiger partial charge on any atom is -0.493 e. The second-order valence-corrected chi connectivity index (χ2v) is 4.25. The van der Waals surface area contributed by atoms with Crippen molar-refractivity contribution < 1.29 is 14.6 Å². The quantitative estimate of drug-likeness (QED) is 0.555. The Kier molecular flexibility index (Phi) is 6.45. The number of hydrogen-bond acceptors (Lipinski definition) is 5. The molecule has 1 atom stereocenters. The van der Waals surface area contributed by atoms with Gasteiger partial charge in [0.1, 0.15) is 6.23 Å². The molecule has 1 aromatic rings. The zero-order chi connectivity index (χ0) is 14.3. The molecular weight excluding hydrogens is 244 g/mol. The average molecular weight is 268 g/mol. The van der Waals surface area contributed by atoms with E-state index in [1.807, 2.05) is 18.7 Å². The molecule has 0 amide bonds. The molecule has 0 spiro atoms. The Morgan fingerprint density at radius 3 is 2.53 bits per heavy atom. The topological polar surface area (TPSA) is 68.0 Å². The van der Waals surface area contributed by atoms with Crippen LogP contribution < -0.4 is 15.2 Å². The molecule has 19 heavy (non-hydrogen) atoms. The minimum absolute atomic E-state index is 0.429. The van der Waals surface area contributed by atoms with Crippen molar-refractivity contribution in [3.8, 4) is 11.5 Å². The van der Waals surface area contributed by atoms with Gasteiger partial charge >= 0.3 is 0 Å². The SMILES string of the molecule is CCN(CC)[C@H](O)CCOc1ccc(N)cc1OC. The smallest absolute Gasteiger partial charge is 0.162 e. The predicted octanol–water partition coefficient (Wildman–Crippen LogP) is 1.71. The average Bonchev–Trinajstić information content (AvgIpc) is 2.41. The van der Waals surface area contributed by atoms with E-state index in [4.69, 9.17) is 15.2 Å². The van der Waals surface area contributed by atoms with Gasteiger partial charge in [0.05, 0.1) is 13.7 Å². The summed E-state index contributed by atoms with van der Waals surface area (Å²) in [5.41, 5.74) is 6.31. The Bertz CT molecular complexity index is 381. The van der Waals surface area contributed by atoms with Crippen LogP contribution in [0.15, 0.2) is 18.2 Å². The van der Waals surface area contributed by atoms with E-state index in [2.05, 4.69) is 0 Å². The Hall–Kier alpha value is -1.46. The lowest BCUT2D eigenvalue weighted by molar-refractivity contribution is -0.00421. The zero-order valence-corrected chi connectivity index (χ0v) is 11.9. The minimum atomic E-state index is -0.477. The molecule has 1 rings (SSSR count). The Morgan fingerprint density at radius 2 is 1.95 bits per heavy atom. The van der Waals surface area contributed by atoms with Crippen LogP contribution in [0.3, 0.4) is 0 Å². The molecule has 0 aliphatic carbocycles. The molecule has 0 radical (unpaired) electrons. The number of aliphatic hydroxyl groups excluding tert-OH is 1. The fourth-order valence-electron chi connectivity index (χ4n) is 1.91. The number of anilines is 1. The molecule has 0 heterocycles. The van der Waals surface area contributed by atoms with Crippen LogP contribution in [0.5, 0.6) is 11.5 Å². The molecule has 0 aromatic heterocycles. The van der Waals surface area contributed by atoms with Crippen LogP contribution >= 0.6 is 0 Å². The van der Waals surface area contributed by atoms with E-state index < -0.39 is 6.23 Å². The summed E-state index contributed by atoms with van der Waals surface area (Å²) in [4.78, 5) is 1.98. The van der Waals surface area contributed by atoms with E-state index in [9.17, 15) is 5.11 Å². The van der Waals surface area contributed by atoms with Gasteiger partial charge in [0.2, 0.25) is 0 Å². The molecule has 0 unspecified atom stereocenters. The van der Waals surface area contributed by atoms with Gasteiger partial charge in [0, 0.05) is 18.2 Å². The van der Waals surface area contributed by atoms with Crippen LogP contribution in [0.4, 0.5) is 5.69 Å². The number of rotatable bonds is 8. The van der Waals surface area contributed by atoms with Crippen molar-refractivity contribution in [1.82, 2.24) is 4.90 Å². The molecule has 0 saturated carbocycles. The van der Waals surface area contributed by atoms with Gasteiger partial charge in [-0.05, 0) is 25.2 Å². The molecule has 5 heteroatoms. The number of ether oxygens (including phenoxy) is 2. The van der Waals surface area contributed by atoms with E-state index in [1.165, 1.54) is 0 Å². The van der Waals surface area contributed by atoms with E-state index in [-0.39, 0.29) is 0 Å². The fraction of sp³-hybridized carbons (Fsp3) is 0.571. The van der Waals surface area contributed by atoms with Gasteiger partial charge in [-0.3, -0.25) is 4.90 Å². The maximum atomic E-state index is 9.95. The second kappa shape index (κ2) is 7.86. The van der Waals surface area contributed by atoms with E-state index in [1.54, 1.807) is 25.3 Å². The molecule has 0 saturated heterocycles. The van der Waals surface area contributed by atoms with Crippen LogP contribution in [0.1, 0.15) is 20.3 Å². The van der Waals surface area contributed by atoms with E-state index >= 15 is 0 Å². The standard InChI is InChI=1S/C14H24N2O3/c1-4-16(5-2)14(17)8-9-19-12-7-6-11(15)10-13(12)18-3/h6-7,10,14,17H,4-5,8-9,15H2,1-3H3/t14-/m1/s1. The number of hydrogen-bond donors (Lipinski definition) is 2. The molecule has 0 bridgehead atoms. The van der Waals surface area contributed by atoms with Crippen molar-refractivity contribution in [2.75, 3.05) is 32.5 Å². The Labute approximate surface area is 114 Å². The van der Waals surface area contributed by atoms with Gasteiger partial charge in [0.25, 0.3) is 0 Å². The molecule has 0 aliphatic rings. The monoisotopic (exact) mass is 268 g/mol. The number of nitrogen functional groups attached to an aromatic ring is 1. The molecule has 108 valence electrons. The van der Waals surface area contributed by atoms with Crippen molar-refractivity contribution in [2.45, 2.75) is 26.5 Å². The van der Waals surface area contributed by atoms with Crippen molar-refractivity contribution in [2.24, 2.45) is 0 Å². The van der Waals surface area contributed by atoms with Crippen LogP contribution in [0.25, 0.3) is 0 Å². The zero-order valence-electron chi connectivity index (χ0n) is 11.9. The first-order valence-electron chi connectivity index (χ1n) is 6.60. The largest absolute Gasteiger partial charge is 0.493 e. The van der Waals surface area contributed by atoms with Crippen LogP contribution in [0.2, 0.25) is 0 Å². The molecule has 5 nitrogen and oxygen atoms in total. The summed E-state index contributed by atoms with van der Waals surface area (Å²) in [6.07, 6.45) is 0.0737. The maximum absolute atomic E-state index is 9.95. The number of benzene rings is 1. The van der Waals surface area contributed by atoms with Gasteiger partial charge in [-0.2, -0.15) is 0 Å². The molecule has 3 N–H and O–H groups in total. The number of nitrogens with two attached hydrogens (primary N) is 1. The lowest BCUT2D eigenvalue weighted by Crippen LogP contribution is -2.35. The first-order chi connectivity index (χ1) is 9.12. The van der Waals surface area contributed by atoms with Crippen molar-refractivity contribution in [3.63, 3.8) is 0 Å². The number of methoxy groups -OCH3 is 1. The molecule has 0 aliphatic heterocycles. The van der Waals surface area contributed by atoms with Gasteiger partial charge in [-0.15, -0.1) is 0 Å². The summed E-state index contributed by atoms with van der Waals surface area (Å²) in [6, 6.07) is 5.26. The molecule has 1 aromatic carbocycles. The highest BCUT2D eigenvalue weighted by atomic mass is 16.5. The summed E-state index contributed by atoms with van der Waals surface area (Å²) in [6.45, 7) is 6.12. The first-order valence-corrected chi connectivity index (χ1v) is 6.60. The lowest BCUT2D eigenvalue weighted by Gasteiger charge is -2.24. The van der Waals surface area contributed by atoms with Crippen LogP contribution in [-0.4, -0.2) is 43.0 Å². The highest BCUT2D eigenvalue weighted by Gasteiger charge is 2.12. The summed E-state index contributed by atoms with van der Waals surface area (Å²) >= 11 is 0. The Balaban J connectivity index is 2.49. The summed E-state index contributed by atoms with van der Waals surface area (Å²) in [5.74, 6) is 1.25. The Morgan fingerprint density at radius 1 is 1.26 bits per heavy atom. The third kappa shape index (κ3) is 4.61. The maximum Gasteiger partial charge on any atom is 0.162 e. The van der Waals surface area contributed by atoms with Crippen LogP contribution in [0, 0.1) is 0 Å². The van der Waals surface area contributed by atoms with Gasteiger partial charge in [0.15, 0.2) is 11.5 Å². The predicted molar refractivity (Wildman–Crippen MR) is 76.4 cm³/mol. The highest BCUT2D eigenvalue weighted by Crippen LogP contribution is 2.29. The van der Waals surface area contributed by atoms with Gasteiger partial charge in [-0.1, -0.05) is 13.8 Å². The first kappa shape index (κ1) is 15.6. The van der Waals surface area contributed by atoms with Gasteiger partial charge in [-0.25, -0.2) is 0 Å². The third-order valence-corrected chi connectivity index (χ3v) is 3.06. The van der Waals surface area contributed by atoms with E-state index in [0.29, 0.717) is 30.2 Å².